The number of hydrogen-bond acceptors (Lipinski definition) is 8. The first-order valence-corrected chi connectivity index (χ1v) is 20.1. The summed E-state index contributed by atoms with van der Waals surface area (Å²) in [4.78, 5) is 11.9. The van der Waals surface area contributed by atoms with E-state index in [1.165, 1.54) is 17.2 Å². The molecule has 0 saturated carbocycles. The van der Waals surface area contributed by atoms with Gasteiger partial charge in [-0.25, -0.2) is 0 Å². The van der Waals surface area contributed by atoms with Crippen LogP contribution in [0.5, 0.6) is 0 Å². The molecular weight excluding hydrogens is 743 g/mol. The highest BCUT2D eigenvalue weighted by molar-refractivity contribution is 8.13. The average molecular weight is 788 g/mol. The molecule has 3 aliphatic rings. The summed E-state index contributed by atoms with van der Waals surface area (Å²) in [6, 6.07) is 17.6. The average Bonchev–Trinajstić information content (AvgIpc) is 3.62. The first-order valence-electron chi connectivity index (χ1n) is 18.3. The quantitative estimate of drug-likeness (QED) is 0.130. The Morgan fingerprint density at radius 3 is 2.44 bits per heavy atom. The minimum atomic E-state index is -4.51. The fourth-order valence-corrected chi connectivity index (χ4v) is 8.41. The van der Waals surface area contributed by atoms with Gasteiger partial charge in [0.1, 0.15) is 0 Å². The smallest absolute Gasteiger partial charge is 0.368 e. The lowest BCUT2D eigenvalue weighted by molar-refractivity contribution is -0.137. The van der Waals surface area contributed by atoms with E-state index in [0.29, 0.717) is 55.8 Å². The van der Waals surface area contributed by atoms with Crippen molar-refractivity contribution in [3.63, 3.8) is 0 Å². The normalized spacial score (nSPS) is 16.5. The Labute approximate surface area is 327 Å². The highest BCUT2D eigenvalue weighted by Gasteiger charge is 2.36. The summed E-state index contributed by atoms with van der Waals surface area (Å²) in [6.45, 7) is 18.5. The molecular formula is C41H45ClF3N9S. The number of rotatable bonds is 11. The number of nitrogens with one attached hydrogen (secondary N) is 2. The van der Waals surface area contributed by atoms with Crippen LogP contribution in [0, 0.1) is 0 Å². The van der Waals surface area contributed by atoms with Crippen LogP contribution in [0.2, 0.25) is 5.02 Å². The standard InChI is InChI=1S/C41H45ClF3N9S/c1-6-37-38(52-22-20-51(21-23-52)27(3)31-14-9-10-17-35(31)50-55(5)46)28(4)54-40(48-39(49-54)33-16-11-13-29-12-7-8-15-32(29)33)53(37)25-26(2)47-36-19-18-30(24-34(36)42)41(43,44)45/h9-11,13-14,16-19,24,47,50H,2-8,12,15,20-23,25,46H2,1H3. The zero-order valence-electron chi connectivity index (χ0n) is 30.9. The molecule has 14 heteroatoms. The molecule has 0 bridgehead atoms. The van der Waals surface area contributed by atoms with Gasteiger partial charge in [-0.1, -0.05) is 74.7 Å². The molecule has 1 unspecified atom stereocenters. The van der Waals surface area contributed by atoms with E-state index in [9.17, 15) is 13.2 Å². The van der Waals surface area contributed by atoms with E-state index in [4.69, 9.17) is 26.8 Å². The van der Waals surface area contributed by atoms with Crippen molar-refractivity contribution >= 4 is 57.0 Å². The Morgan fingerprint density at radius 1 is 0.982 bits per heavy atom. The van der Waals surface area contributed by atoms with Gasteiger partial charge < -0.3 is 24.7 Å². The van der Waals surface area contributed by atoms with E-state index in [0.717, 1.165) is 77.4 Å². The Balaban J connectivity index is 1.21. The van der Waals surface area contributed by atoms with Crippen LogP contribution in [0.4, 0.5) is 30.5 Å². The summed E-state index contributed by atoms with van der Waals surface area (Å²) in [7, 11) is -0.731. The molecule has 7 rings (SSSR count). The Bertz CT molecular complexity index is 2220. The molecule has 1 aromatic heterocycles. The molecule has 1 fully saturated rings. The van der Waals surface area contributed by atoms with Gasteiger partial charge >= 0.3 is 6.18 Å². The lowest BCUT2D eigenvalue weighted by atomic mass is 9.88. The number of nitrogens with zero attached hydrogens (tertiary/aromatic N) is 6. The number of piperazine rings is 1. The van der Waals surface area contributed by atoms with E-state index in [1.54, 1.807) is 0 Å². The summed E-state index contributed by atoms with van der Waals surface area (Å²) < 4.78 is 45.2. The summed E-state index contributed by atoms with van der Waals surface area (Å²) in [5.41, 5.74) is 9.10. The number of aromatic nitrogens is 3. The van der Waals surface area contributed by atoms with Crippen LogP contribution in [-0.4, -0.2) is 63.2 Å². The van der Waals surface area contributed by atoms with E-state index >= 15 is 0 Å². The van der Waals surface area contributed by atoms with Gasteiger partial charge in [-0.05, 0) is 84.2 Å². The van der Waals surface area contributed by atoms with Crippen molar-refractivity contribution in [1.82, 2.24) is 24.6 Å². The topological polar surface area (TPSA) is 90.5 Å². The van der Waals surface area contributed by atoms with Gasteiger partial charge in [0.2, 0.25) is 5.95 Å². The zero-order valence-corrected chi connectivity index (χ0v) is 32.4. The fourth-order valence-electron chi connectivity index (χ4n) is 7.72. The van der Waals surface area contributed by atoms with Crippen molar-refractivity contribution in [1.29, 1.82) is 0 Å². The summed E-state index contributed by atoms with van der Waals surface area (Å²) in [5.74, 6) is 5.12. The molecule has 288 valence electrons. The predicted molar refractivity (Wildman–Crippen MR) is 222 cm³/mol. The minimum Gasteiger partial charge on any atom is -0.368 e. The highest BCUT2D eigenvalue weighted by Crippen LogP contribution is 2.41. The maximum Gasteiger partial charge on any atom is 0.416 e. The van der Waals surface area contributed by atoms with Crippen LogP contribution in [0.15, 0.2) is 97.5 Å². The van der Waals surface area contributed by atoms with E-state index in [1.807, 2.05) is 28.9 Å². The highest BCUT2D eigenvalue weighted by atomic mass is 35.5. The van der Waals surface area contributed by atoms with E-state index in [-0.39, 0.29) is 11.6 Å². The zero-order chi connectivity index (χ0) is 39.0. The molecule has 3 aromatic carbocycles. The molecule has 1 aliphatic carbocycles. The molecule has 2 aliphatic heterocycles. The molecule has 0 radical (unpaired) electrons. The van der Waals surface area contributed by atoms with E-state index in [2.05, 4.69) is 75.5 Å². The van der Waals surface area contributed by atoms with Crippen LogP contribution in [0.1, 0.15) is 48.4 Å². The number of para-hydroxylation sites is 1. The Morgan fingerprint density at radius 2 is 1.73 bits per heavy atom. The maximum absolute atomic E-state index is 13.4. The molecule has 3 heterocycles. The number of fused-ring (bicyclic) bond motifs is 2. The number of alkyl halides is 3. The second kappa shape index (κ2) is 15.6. The van der Waals surface area contributed by atoms with Crippen LogP contribution in [0.25, 0.3) is 22.8 Å². The monoisotopic (exact) mass is 787 g/mol. The molecule has 9 nitrogen and oxygen atoms in total. The summed E-state index contributed by atoms with van der Waals surface area (Å²) >= 11 is 6.34. The van der Waals surface area contributed by atoms with Crippen molar-refractivity contribution < 1.29 is 13.2 Å². The number of hydrogen-bond donors (Lipinski definition) is 3. The van der Waals surface area contributed by atoms with Crippen molar-refractivity contribution in [2.45, 2.75) is 45.2 Å². The van der Waals surface area contributed by atoms with Gasteiger partial charge in [0, 0.05) is 54.4 Å². The Hall–Kier alpha value is -4.98. The minimum absolute atomic E-state index is 0.0540. The van der Waals surface area contributed by atoms with Gasteiger partial charge in [-0.3, -0.25) is 5.14 Å². The number of allylic oxidation sites excluding steroid dienone is 2. The summed E-state index contributed by atoms with van der Waals surface area (Å²) in [6.07, 6.45) is 0.413. The third-order valence-electron chi connectivity index (χ3n) is 10.3. The second-order valence-corrected chi connectivity index (χ2v) is 15.4. The van der Waals surface area contributed by atoms with Crippen LogP contribution < -0.4 is 20.1 Å². The molecule has 0 spiro atoms. The lowest BCUT2D eigenvalue weighted by Crippen LogP contribution is -2.47. The second-order valence-electron chi connectivity index (χ2n) is 13.9. The SMILES string of the molecule is C=C(CN1C(CC)=C(N2CCN(C(=C)c3ccccc3NS(=C)N)CC2)C(=C)n2nc(-c3cccc4c3CCCC4)nc21)Nc1ccc(C(F)(F)F)cc1Cl. The number of anilines is 3. The van der Waals surface area contributed by atoms with Crippen LogP contribution in [-0.2, 0) is 19.0 Å². The van der Waals surface area contributed by atoms with Crippen molar-refractivity contribution in [3.8, 4) is 11.4 Å². The van der Waals surface area contributed by atoms with Gasteiger partial charge in [-0.15, -0.1) is 5.10 Å². The fraction of sp³-hybridized carbons (Fsp3) is 0.293. The number of benzene rings is 3. The largest absolute Gasteiger partial charge is 0.416 e. The lowest BCUT2D eigenvalue weighted by Gasteiger charge is -2.43. The molecule has 4 aromatic rings. The van der Waals surface area contributed by atoms with E-state index < -0.39 is 22.6 Å². The number of nitrogens with two attached hydrogens (primary N) is 1. The van der Waals surface area contributed by atoms with Gasteiger partial charge in [0.05, 0.1) is 39.9 Å². The predicted octanol–water partition coefficient (Wildman–Crippen LogP) is 9.22. The van der Waals surface area contributed by atoms with Gasteiger partial charge in [-0.2, -0.15) is 22.8 Å². The van der Waals surface area contributed by atoms with Crippen molar-refractivity contribution in [2.75, 3.05) is 47.7 Å². The van der Waals surface area contributed by atoms with Crippen molar-refractivity contribution in [2.24, 2.45) is 5.14 Å². The third kappa shape index (κ3) is 7.78. The summed E-state index contributed by atoms with van der Waals surface area (Å²) in [5, 5.41) is 14.2. The van der Waals surface area contributed by atoms with Crippen LogP contribution in [0.3, 0.4) is 0 Å². The number of halogens is 4. The maximum atomic E-state index is 13.4. The number of aryl methyl sites for hydroxylation is 1. The molecule has 4 N–H and O–H groups in total. The van der Waals surface area contributed by atoms with Crippen LogP contribution >= 0.6 is 22.5 Å². The third-order valence-corrected chi connectivity index (χ3v) is 11.1. The van der Waals surface area contributed by atoms with Gasteiger partial charge in [0.25, 0.3) is 0 Å². The molecule has 55 heavy (non-hydrogen) atoms. The van der Waals surface area contributed by atoms with Crippen molar-refractivity contribution in [3.05, 3.63) is 125 Å². The first kappa shape index (κ1) is 38.3. The molecule has 0 amide bonds. The molecule has 1 atom stereocenters. The van der Waals surface area contributed by atoms with Gasteiger partial charge in [0.15, 0.2) is 5.82 Å². The molecule has 1 saturated heterocycles. The Kier molecular flexibility index (Phi) is 10.9. The first-order chi connectivity index (χ1) is 26.3.